The van der Waals surface area contributed by atoms with Crippen molar-refractivity contribution in [3.63, 3.8) is 0 Å². The van der Waals surface area contributed by atoms with Crippen molar-refractivity contribution in [1.29, 1.82) is 0 Å². The van der Waals surface area contributed by atoms with Crippen LogP contribution in [0.2, 0.25) is 10.0 Å². The SMILES string of the molecule is CCOCCn1c(O)c(N=Nc2ncc(Cl)cc2Cl)c2ccccc21. The van der Waals surface area contributed by atoms with E-state index in [0.717, 1.165) is 10.9 Å². The maximum absolute atomic E-state index is 10.6. The molecule has 0 saturated heterocycles. The van der Waals surface area contributed by atoms with E-state index in [1.165, 1.54) is 12.3 Å². The maximum Gasteiger partial charge on any atom is 0.220 e. The highest BCUT2D eigenvalue weighted by molar-refractivity contribution is 6.35. The molecule has 2 heterocycles. The zero-order chi connectivity index (χ0) is 17.8. The van der Waals surface area contributed by atoms with Crippen molar-refractivity contribution < 1.29 is 9.84 Å². The number of halogens is 2. The molecule has 3 aromatic rings. The second kappa shape index (κ2) is 7.82. The Hall–Kier alpha value is -2.15. The molecule has 0 spiro atoms. The van der Waals surface area contributed by atoms with E-state index in [1.807, 2.05) is 31.2 Å². The minimum Gasteiger partial charge on any atom is -0.493 e. The van der Waals surface area contributed by atoms with Crippen LogP contribution in [0.4, 0.5) is 11.5 Å². The number of aromatic nitrogens is 2. The Kier molecular flexibility index (Phi) is 5.53. The quantitative estimate of drug-likeness (QED) is 0.454. The van der Waals surface area contributed by atoms with E-state index >= 15 is 0 Å². The number of hydrogen-bond donors (Lipinski definition) is 1. The average Bonchev–Trinajstić information content (AvgIpc) is 2.87. The Morgan fingerprint density at radius 1 is 1.24 bits per heavy atom. The molecule has 0 bridgehead atoms. The number of azo groups is 1. The van der Waals surface area contributed by atoms with Crippen molar-refractivity contribution >= 4 is 45.6 Å². The lowest BCUT2D eigenvalue weighted by Gasteiger charge is -2.06. The monoisotopic (exact) mass is 378 g/mol. The lowest BCUT2D eigenvalue weighted by Crippen LogP contribution is -2.05. The first-order valence-electron chi connectivity index (χ1n) is 7.72. The van der Waals surface area contributed by atoms with Gasteiger partial charge >= 0.3 is 0 Å². The highest BCUT2D eigenvalue weighted by atomic mass is 35.5. The minimum absolute atomic E-state index is 0.0229. The molecule has 0 radical (unpaired) electrons. The summed E-state index contributed by atoms with van der Waals surface area (Å²) in [5, 5.41) is 20.3. The van der Waals surface area contributed by atoms with E-state index in [9.17, 15) is 5.11 Å². The fraction of sp³-hybridized carbons (Fsp3) is 0.235. The zero-order valence-electron chi connectivity index (χ0n) is 13.5. The van der Waals surface area contributed by atoms with Crippen LogP contribution >= 0.6 is 23.2 Å². The second-order valence-corrected chi connectivity index (χ2v) is 6.04. The van der Waals surface area contributed by atoms with Crippen LogP contribution in [0.15, 0.2) is 46.8 Å². The molecule has 25 heavy (non-hydrogen) atoms. The number of ether oxygens (including phenoxy) is 1. The van der Waals surface area contributed by atoms with Crippen molar-refractivity contribution in [2.24, 2.45) is 10.2 Å². The standard InChI is InChI=1S/C17H16Cl2N4O2/c1-2-25-8-7-23-14-6-4-3-5-12(14)15(17(23)24)21-22-16-13(19)9-11(18)10-20-16/h3-6,9-10,24H,2,7-8H2,1H3. The maximum atomic E-state index is 10.6. The van der Waals surface area contributed by atoms with Gasteiger partial charge in [-0.05, 0) is 19.1 Å². The van der Waals surface area contributed by atoms with Crippen LogP contribution in [-0.2, 0) is 11.3 Å². The lowest BCUT2D eigenvalue weighted by molar-refractivity contribution is 0.138. The number of rotatable bonds is 6. The van der Waals surface area contributed by atoms with Gasteiger partial charge in [-0.3, -0.25) is 0 Å². The van der Waals surface area contributed by atoms with Gasteiger partial charge in [0, 0.05) is 24.7 Å². The van der Waals surface area contributed by atoms with Crippen LogP contribution in [0, 0.1) is 0 Å². The van der Waals surface area contributed by atoms with Crippen molar-refractivity contribution in [3.05, 3.63) is 46.6 Å². The van der Waals surface area contributed by atoms with Crippen molar-refractivity contribution in [2.75, 3.05) is 13.2 Å². The largest absolute Gasteiger partial charge is 0.493 e. The van der Waals surface area contributed by atoms with Gasteiger partial charge in [0.05, 0.1) is 22.2 Å². The number of fused-ring (bicyclic) bond motifs is 1. The summed E-state index contributed by atoms with van der Waals surface area (Å²) in [6.45, 7) is 3.54. The van der Waals surface area contributed by atoms with Gasteiger partial charge in [0.25, 0.3) is 0 Å². The summed E-state index contributed by atoms with van der Waals surface area (Å²) in [7, 11) is 0. The summed E-state index contributed by atoms with van der Waals surface area (Å²) in [5.74, 6) is 0.256. The number of hydrogen-bond acceptors (Lipinski definition) is 5. The summed E-state index contributed by atoms with van der Waals surface area (Å²) in [5.41, 5.74) is 1.21. The first-order valence-corrected chi connectivity index (χ1v) is 8.48. The molecule has 0 amide bonds. The number of nitrogens with zero attached hydrogens (tertiary/aromatic N) is 4. The van der Waals surface area contributed by atoms with Crippen LogP contribution in [0.25, 0.3) is 10.9 Å². The predicted molar refractivity (Wildman–Crippen MR) is 98.5 cm³/mol. The molecule has 0 aliphatic rings. The van der Waals surface area contributed by atoms with E-state index in [0.29, 0.717) is 30.5 Å². The molecule has 0 atom stereocenters. The Morgan fingerprint density at radius 3 is 2.80 bits per heavy atom. The summed E-state index contributed by atoms with van der Waals surface area (Å²) in [4.78, 5) is 4.04. The molecular formula is C17H16Cl2N4O2. The van der Waals surface area contributed by atoms with Gasteiger partial charge in [0.1, 0.15) is 0 Å². The molecule has 1 N–H and O–H groups in total. The Labute approximate surface area is 154 Å². The molecule has 0 aliphatic heterocycles. The molecule has 2 aromatic heterocycles. The van der Waals surface area contributed by atoms with E-state index in [4.69, 9.17) is 27.9 Å². The van der Waals surface area contributed by atoms with Crippen LogP contribution in [-0.4, -0.2) is 27.9 Å². The van der Waals surface area contributed by atoms with Crippen molar-refractivity contribution in [2.45, 2.75) is 13.5 Å². The van der Waals surface area contributed by atoms with Crippen LogP contribution < -0.4 is 0 Å². The third-order valence-corrected chi connectivity index (χ3v) is 4.10. The van der Waals surface area contributed by atoms with Gasteiger partial charge in [-0.1, -0.05) is 41.4 Å². The number of aromatic hydroxyl groups is 1. The van der Waals surface area contributed by atoms with Gasteiger partial charge in [0.2, 0.25) is 5.88 Å². The van der Waals surface area contributed by atoms with E-state index in [1.54, 1.807) is 4.57 Å². The van der Waals surface area contributed by atoms with Crippen LogP contribution in [0.1, 0.15) is 6.92 Å². The number of pyridine rings is 1. The van der Waals surface area contributed by atoms with Crippen molar-refractivity contribution in [1.82, 2.24) is 9.55 Å². The third-order valence-electron chi connectivity index (χ3n) is 3.61. The molecular weight excluding hydrogens is 363 g/mol. The molecule has 1 aromatic carbocycles. The van der Waals surface area contributed by atoms with E-state index in [-0.39, 0.29) is 16.7 Å². The van der Waals surface area contributed by atoms with Gasteiger partial charge in [0.15, 0.2) is 11.5 Å². The van der Waals surface area contributed by atoms with Gasteiger partial charge < -0.3 is 14.4 Å². The summed E-state index contributed by atoms with van der Waals surface area (Å²) >= 11 is 11.9. The highest BCUT2D eigenvalue weighted by Gasteiger charge is 2.16. The van der Waals surface area contributed by atoms with Crippen LogP contribution in [0.5, 0.6) is 5.88 Å². The molecule has 6 nitrogen and oxygen atoms in total. The highest BCUT2D eigenvalue weighted by Crippen LogP contribution is 2.39. The predicted octanol–water partition coefficient (Wildman–Crippen LogP) is 5.50. The Bertz CT molecular complexity index is 924. The van der Waals surface area contributed by atoms with Crippen LogP contribution in [0.3, 0.4) is 0 Å². The number of para-hydroxylation sites is 1. The molecule has 130 valence electrons. The summed E-state index contributed by atoms with van der Waals surface area (Å²) in [6.07, 6.45) is 1.44. The van der Waals surface area contributed by atoms with E-state index in [2.05, 4.69) is 15.2 Å². The topological polar surface area (TPSA) is 72.0 Å². The molecule has 3 rings (SSSR count). The molecule has 0 fully saturated rings. The fourth-order valence-corrected chi connectivity index (χ4v) is 2.89. The third kappa shape index (κ3) is 3.76. The van der Waals surface area contributed by atoms with Gasteiger partial charge in [-0.15, -0.1) is 10.2 Å². The molecule has 0 saturated carbocycles. The Balaban J connectivity index is 2.00. The smallest absolute Gasteiger partial charge is 0.220 e. The average molecular weight is 379 g/mol. The molecule has 0 unspecified atom stereocenters. The normalized spacial score (nSPS) is 11.6. The lowest BCUT2D eigenvalue weighted by atomic mass is 10.2. The zero-order valence-corrected chi connectivity index (χ0v) is 15.0. The number of benzene rings is 1. The van der Waals surface area contributed by atoms with Gasteiger partial charge in [-0.2, -0.15) is 0 Å². The first kappa shape index (κ1) is 17.7. The van der Waals surface area contributed by atoms with Crippen molar-refractivity contribution in [3.8, 4) is 5.88 Å². The summed E-state index contributed by atoms with van der Waals surface area (Å²) in [6, 6.07) is 9.10. The molecule has 8 heteroatoms. The second-order valence-electron chi connectivity index (χ2n) is 5.20. The van der Waals surface area contributed by atoms with E-state index < -0.39 is 0 Å². The first-order chi connectivity index (χ1) is 12.1. The minimum atomic E-state index is 0.0229. The fourth-order valence-electron chi connectivity index (χ4n) is 2.48. The Morgan fingerprint density at radius 2 is 2.04 bits per heavy atom. The van der Waals surface area contributed by atoms with Gasteiger partial charge in [-0.25, -0.2) is 4.98 Å². The summed E-state index contributed by atoms with van der Waals surface area (Å²) < 4.78 is 7.13. The molecule has 0 aliphatic carbocycles.